The van der Waals surface area contributed by atoms with Gasteiger partial charge in [0, 0.05) is 12.5 Å². The molecule has 1 aliphatic carbocycles. The lowest BCUT2D eigenvalue weighted by Gasteiger charge is -2.29. The van der Waals surface area contributed by atoms with E-state index in [1.54, 1.807) is 0 Å². The first-order valence-electron chi connectivity index (χ1n) is 7.40. The minimum absolute atomic E-state index is 0.0481. The number of thioether (sulfide) groups is 1. The molecule has 1 aromatic heterocycles. The number of aryl methyl sites for hydroxylation is 1. The second-order valence-electron chi connectivity index (χ2n) is 5.63. The lowest BCUT2D eigenvalue weighted by Crippen LogP contribution is -2.20. The summed E-state index contributed by atoms with van der Waals surface area (Å²) in [7, 11) is 0. The molecule has 1 aromatic rings. The molecule has 2 atom stereocenters. The van der Waals surface area contributed by atoms with Gasteiger partial charge in [0.15, 0.2) is 5.16 Å². The Morgan fingerprint density at radius 2 is 2.25 bits per heavy atom. The summed E-state index contributed by atoms with van der Waals surface area (Å²) in [6, 6.07) is 0.437. The monoisotopic (exact) mass is 297 g/mol. The molecule has 112 valence electrons. The minimum Gasteiger partial charge on any atom is -0.481 e. The fourth-order valence-electron chi connectivity index (χ4n) is 2.93. The van der Waals surface area contributed by atoms with E-state index in [1.165, 1.54) is 24.6 Å². The van der Waals surface area contributed by atoms with Gasteiger partial charge in [-0.15, -0.1) is 10.2 Å². The van der Waals surface area contributed by atoms with Gasteiger partial charge in [-0.1, -0.05) is 38.5 Å². The van der Waals surface area contributed by atoms with E-state index in [2.05, 4.69) is 28.6 Å². The number of hydrogen-bond donors (Lipinski definition) is 1. The number of nitrogens with zero attached hydrogens (tertiary/aromatic N) is 3. The van der Waals surface area contributed by atoms with E-state index in [4.69, 9.17) is 5.11 Å². The third-order valence-corrected chi connectivity index (χ3v) is 4.74. The molecule has 1 N–H and O–H groups in total. The maximum absolute atomic E-state index is 10.8. The van der Waals surface area contributed by atoms with Crippen molar-refractivity contribution in [1.82, 2.24) is 14.8 Å². The quantitative estimate of drug-likeness (QED) is 0.817. The van der Waals surface area contributed by atoms with Crippen molar-refractivity contribution in [2.24, 2.45) is 5.92 Å². The molecule has 0 aliphatic heterocycles. The Morgan fingerprint density at radius 3 is 2.90 bits per heavy atom. The van der Waals surface area contributed by atoms with Gasteiger partial charge in [-0.2, -0.15) is 0 Å². The maximum atomic E-state index is 10.8. The SMILES string of the molecule is CCCc1nnc(SCC(=O)O)n1C1CCCC(C)C1. The van der Waals surface area contributed by atoms with Crippen LogP contribution in [0, 0.1) is 5.92 Å². The molecule has 0 amide bonds. The highest BCUT2D eigenvalue weighted by Crippen LogP contribution is 2.35. The van der Waals surface area contributed by atoms with Crippen molar-refractivity contribution in [2.75, 3.05) is 5.75 Å². The molecule has 20 heavy (non-hydrogen) atoms. The number of hydrogen-bond acceptors (Lipinski definition) is 4. The predicted octanol–water partition coefficient (Wildman–Crippen LogP) is 3.16. The number of rotatable bonds is 6. The zero-order valence-corrected chi connectivity index (χ0v) is 13.0. The lowest BCUT2D eigenvalue weighted by molar-refractivity contribution is -0.133. The molecule has 0 bridgehead atoms. The predicted molar refractivity (Wildman–Crippen MR) is 79.0 cm³/mol. The highest BCUT2D eigenvalue weighted by Gasteiger charge is 2.25. The molecule has 0 aromatic carbocycles. The molecule has 1 heterocycles. The van der Waals surface area contributed by atoms with E-state index < -0.39 is 5.97 Å². The van der Waals surface area contributed by atoms with Crippen LogP contribution in [0.3, 0.4) is 0 Å². The van der Waals surface area contributed by atoms with Crippen LogP contribution in [0.2, 0.25) is 0 Å². The summed E-state index contributed by atoms with van der Waals surface area (Å²) in [5.41, 5.74) is 0. The first-order chi connectivity index (χ1) is 9.61. The first kappa shape index (κ1) is 15.4. The largest absolute Gasteiger partial charge is 0.481 e. The van der Waals surface area contributed by atoms with Crippen molar-refractivity contribution in [2.45, 2.75) is 63.6 Å². The topological polar surface area (TPSA) is 68.0 Å². The maximum Gasteiger partial charge on any atom is 0.313 e. The Balaban J connectivity index is 2.21. The number of aliphatic carboxylic acids is 1. The normalized spacial score (nSPS) is 22.9. The van der Waals surface area contributed by atoms with Crippen LogP contribution >= 0.6 is 11.8 Å². The highest BCUT2D eigenvalue weighted by atomic mass is 32.2. The standard InChI is InChI=1S/C14H23N3O2S/c1-3-5-12-15-16-14(20-9-13(18)19)17(12)11-7-4-6-10(2)8-11/h10-11H,3-9H2,1-2H3,(H,18,19). The number of carboxylic acids is 1. The van der Waals surface area contributed by atoms with Crippen molar-refractivity contribution in [3.05, 3.63) is 5.82 Å². The van der Waals surface area contributed by atoms with Gasteiger partial charge in [0.25, 0.3) is 0 Å². The summed E-state index contributed by atoms with van der Waals surface area (Å²) in [6.07, 6.45) is 6.77. The van der Waals surface area contributed by atoms with Crippen molar-refractivity contribution in [1.29, 1.82) is 0 Å². The average molecular weight is 297 g/mol. The van der Waals surface area contributed by atoms with E-state index in [9.17, 15) is 4.79 Å². The summed E-state index contributed by atoms with van der Waals surface area (Å²) in [4.78, 5) is 10.8. The van der Waals surface area contributed by atoms with Crippen LogP contribution in [0.5, 0.6) is 0 Å². The Morgan fingerprint density at radius 1 is 1.45 bits per heavy atom. The van der Waals surface area contributed by atoms with Gasteiger partial charge in [-0.3, -0.25) is 4.79 Å². The summed E-state index contributed by atoms with van der Waals surface area (Å²) in [6.45, 7) is 4.42. The fourth-order valence-corrected chi connectivity index (χ4v) is 3.67. The second kappa shape index (κ2) is 7.11. The Hall–Kier alpha value is -1.04. The number of carboxylic acid groups (broad SMARTS) is 1. The molecule has 0 radical (unpaired) electrons. The molecule has 1 fully saturated rings. The summed E-state index contributed by atoms with van der Waals surface area (Å²) in [5.74, 6) is 0.980. The van der Waals surface area contributed by atoms with Crippen LogP contribution in [0.25, 0.3) is 0 Å². The molecule has 0 saturated heterocycles. The van der Waals surface area contributed by atoms with E-state index in [-0.39, 0.29) is 5.75 Å². The molecular weight excluding hydrogens is 274 g/mol. The smallest absolute Gasteiger partial charge is 0.313 e. The molecule has 5 nitrogen and oxygen atoms in total. The molecular formula is C14H23N3O2S. The van der Waals surface area contributed by atoms with E-state index in [1.807, 2.05) is 0 Å². The van der Waals surface area contributed by atoms with E-state index in [0.29, 0.717) is 6.04 Å². The van der Waals surface area contributed by atoms with Crippen LogP contribution < -0.4 is 0 Å². The number of aromatic nitrogens is 3. The molecule has 6 heteroatoms. The van der Waals surface area contributed by atoms with Crippen molar-refractivity contribution in [3.63, 3.8) is 0 Å². The van der Waals surface area contributed by atoms with Crippen LogP contribution in [-0.2, 0) is 11.2 Å². The van der Waals surface area contributed by atoms with Gasteiger partial charge in [0.05, 0.1) is 5.75 Å². The van der Waals surface area contributed by atoms with Crippen molar-refractivity contribution < 1.29 is 9.90 Å². The van der Waals surface area contributed by atoms with Gasteiger partial charge in [-0.25, -0.2) is 0 Å². The van der Waals surface area contributed by atoms with Crippen molar-refractivity contribution >= 4 is 17.7 Å². The van der Waals surface area contributed by atoms with Gasteiger partial charge in [-0.05, 0) is 25.2 Å². The second-order valence-corrected chi connectivity index (χ2v) is 6.57. The highest BCUT2D eigenvalue weighted by molar-refractivity contribution is 7.99. The Bertz CT molecular complexity index is 461. The molecule has 0 spiro atoms. The van der Waals surface area contributed by atoms with Crippen LogP contribution in [-0.4, -0.2) is 31.6 Å². The van der Waals surface area contributed by atoms with E-state index in [0.717, 1.165) is 42.6 Å². The van der Waals surface area contributed by atoms with Gasteiger partial charge in [0.2, 0.25) is 0 Å². The number of carbonyl (C=O) groups is 1. The van der Waals surface area contributed by atoms with Crippen molar-refractivity contribution in [3.8, 4) is 0 Å². The molecule has 2 rings (SSSR count). The molecule has 1 aliphatic rings. The third-order valence-electron chi connectivity index (χ3n) is 3.81. The molecule has 2 unspecified atom stereocenters. The summed E-state index contributed by atoms with van der Waals surface area (Å²) in [5, 5.41) is 18.1. The van der Waals surface area contributed by atoms with Gasteiger partial charge >= 0.3 is 5.97 Å². The average Bonchev–Trinajstić information content (AvgIpc) is 2.80. The van der Waals surface area contributed by atoms with E-state index >= 15 is 0 Å². The minimum atomic E-state index is -0.807. The zero-order valence-electron chi connectivity index (χ0n) is 12.2. The fraction of sp³-hybridized carbons (Fsp3) is 0.786. The van der Waals surface area contributed by atoms with Crippen LogP contribution in [0.4, 0.5) is 0 Å². The van der Waals surface area contributed by atoms with Gasteiger partial charge < -0.3 is 9.67 Å². The summed E-state index contributed by atoms with van der Waals surface area (Å²) >= 11 is 1.29. The summed E-state index contributed by atoms with van der Waals surface area (Å²) < 4.78 is 2.22. The van der Waals surface area contributed by atoms with Crippen LogP contribution in [0.1, 0.15) is 57.8 Å². The first-order valence-corrected chi connectivity index (χ1v) is 8.38. The van der Waals surface area contributed by atoms with Crippen LogP contribution in [0.15, 0.2) is 5.16 Å². The Labute approximate surface area is 124 Å². The zero-order chi connectivity index (χ0) is 14.5. The Kier molecular flexibility index (Phi) is 5.46. The molecule has 1 saturated carbocycles. The third kappa shape index (κ3) is 3.75. The van der Waals surface area contributed by atoms with Gasteiger partial charge in [0.1, 0.15) is 5.82 Å². The lowest BCUT2D eigenvalue weighted by atomic mass is 9.87.